The number of nitrogens with two attached hydrogens (primary N) is 1. The SMILES string of the molecule is CC1(O)COCCC1(N)c1ccc(C(F)(F)F)cc1F. The average Bonchev–Trinajstić information content (AvgIpc) is 2.31. The lowest BCUT2D eigenvalue weighted by Crippen LogP contribution is -2.62. The van der Waals surface area contributed by atoms with E-state index < -0.39 is 28.7 Å². The maximum Gasteiger partial charge on any atom is 0.416 e. The zero-order valence-electron chi connectivity index (χ0n) is 10.8. The van der Waals surface area contributed by atoms with Gasteiger partial charge in [-0.1, -0.05) is 6.07 Å². The van der Waals surface area contributed by atoms with Crippen molar-refractivity contribution < 1.29 is 27.4 Å². The molecule has 0 aromatic heterocycles. The third-order valence-corrected chi connectivity index (χ3v) is 3.76. The Morgan fingerprint density at radius 2 is 2.00 bits per heavy atom. The molecule has 1 aliphatic rings. The van der Waals surface area contributed by atoms with Crippen molar-refractivity contribution in [1.29, 1.82) is 0 Å². The zero-order valence-corrected chi connectivity index (χ0v) is 10.8. The largest absolute Gasteiger partial charge is 0.416 e. The minimum atomic E-state index is -4.63. The number of benzene rings is 1. The second-order valence-electron chi connectivity index (χ2n) is 5.24. The molecule has 0 radical (unpaired) electrons. The highest BCUT2D eigenvalue weighted by molar-refractivity contribution is 5.34. The summed E-state index contributed by atoms with van der Waals surface area (Å²) >= 11 is 0. The minimum Gasteiger partial charge on any atom is -0.385 e. The molecule has 2 rings (SSSR count). The monoisotopic (exact) mass is 293 g/mol. The summed E-state index contributed by atoms with van der Waals surface area (Å²) in [5, 5.41) is 10.3. The van der Waals surface area contributed by atoms with Gasteiger partial charge in [0.2, 0.25) is 0 Å². The second-order valence-corrected chi connectivity index (χ2v) is 5.24. The number of hydrogen-bond acceptors (Lipinski definition) is 3. The molecule has 0 spiro atoms. The van der Waals surface area contributed by atoms with Gasteiger partial charge in [0.15, 0.2) is 0 Å². The van der Waals surface area contributed by atoms with Gasteiger partial charge in [0, 0.05) is 12.2 Å². The van der Waals surface area contributed by atoms with E-state index in [1.165, 1.54) is 6.92 Å². The van der Waals surface area contributed by atoms with Crippen molar-refractivity contribution in [2.75, 3.05) is 13.2 Å². The summed E-state index contributed by atoms with van der Waals surface area (Å²) in [6, 6.07) is 2.14. The molecule has 0 saturated carbocycles. The lowest BCUT2D eigenvalue weighted by molar-refractivity contribution is -0.138. The van der Waals surface area contributed by atoms with E-state index in [9.17, 15) is 22.7 Å². The van der Waals surface area contributed by atoms with E-state index in [4.69, 9.17) is 10.5 Å². The molecule has 1 fully saturated rings. The van der Waals surface area contributed by atoms with Gasteiger partial charge in [-0.2, -0.15) is 13.2 Å². The fourth-order valence-corrected chi connectivity index (χ4v) is 2.38. The van der Waals surface area contributed by atoms with Crippen LogP contribution >= 0.6 is 0 Å². The molecule has 20 heavy (non-hydrogen) atoms. The predicted octanol–water partition coefficient (Wildman–Crippen LogP) is 2.17. The van der Waals surface area contributed by atoms with Crippen LogP contribution in [0, 0.1) is 5.82 Å². The van der Waals surface area contributed by atoms with Crippen LogP contribution in [-0.4, -0.2) is 23.9 Å². The van der Waals surface area contributed by atoms with Crippen LogP contribution in [0.4, 0.5) is 17.6 Å². The first-order valence-corrected chi connectivity index (χ1v) is 6.04. The third-order valence-electron chi connectivity index (χ3n) is 3.76. The van der Waals surface area contributed by atoms with Crippen molar-refractivity contribution in [3.8, 4) is 0 Å². The lowest BCUT2D eigenvalue weighted by Gasteiger charge is -2.46. The normalized spacial score (nSPS) is 31.4. The fraction of sp³-hybridized carbons (Fsp3) is 0.538. The summed E-state index contributed by atoms with van der Waals surface area (Å²) in [7, 11) is 0. The highest BCUT2D eigenvalue weighted by Gasteiger charge is 2.49. The van der Waals surface area contributed by atoms with Gasteiger partial charge in [-0.25, -0.2) is 4.39 Å². The highest BCUT2D eigenvalue weighted by atomic mass is 19.4. The van der Waals surface area contributed by atoms with E-state index in [0.717, 1.165) is 12.1 Å². The van der Waals surface area contributed by atoms with Crippen LogP contribution in [0.5, 0.6) is 0 Å². The van der Waals surface area contributed by atoms with Crippen molar-refractivity contribution >= 4 is 0 Å². The number of aliphatic hydroxyl groups is 1. The van der Waals surface area contributed by atoms with Crippen molar-refractivity contribution in [3.63, 3.8) is 0 Å². The summed E-state index contributed by atoms with van der Waals surface area (Å²) in [5.41, 5.74) is 1.79. The molecule has 0 aliphatic carbocycles. The smallest absolute Gasteiger partial charge is 0.385 e. The van der Waals surface area contributed by atoms with E-state index in [0.29, 0.717) is 6.07 Å². The maximum atomic E-state index is 14.0. The van der Waals surface area contributed by atoms with Gasteiger partial charge in [0.25, 0.3) is 0 Å². The topological polar surface area (TPSA) is 55.5 Å². The molecule has 1 aromatic carbocycles. The molecular formula is C13H15F4NO2. The number of rotatable bonds is 1. The molecule has 7 heteroatoms. The molecule has 2 unspecified atom stereocenters. The molecule has 0 bridgehead atoms. The Bertz CT molecular complexity index is 516. The fourth-order valence-electron chi connectivity index (χ4n) is 2.38. The van der Waals surface area contributed by atoms with Crippen molar-refractivity contribution in [2.45, 2.75) is 30.7 Å². The Morgan fingerprint density at radius 1 is 1.35 bits per heavy atom. The van der Waals surface area contributed by atoms with Crippen LogP contribution in [0.1, 0.15) is 24.5 Å². The summed E-state index contributed by atoms with van der Waals surface area (Å²) in [6.45, 7) is 1.47. The Labute approximate surface area is 113 Å². The van der Waals surface area contributed by atoms with Crippen LogP contribution in [0.3, 0.4) is 0 Å². The Balaban J connectivity index is 2.47. The third kappa shape index (κ3) is 2.41. The average molecular weight is 293 g/mol. The van der Waals surface area contributed by atoms with Crippen LogP contribution in [-0.2, 0) is 16.5 Å². The van der Waals surface area contributed by atoms with E-state index >= 15 is 0 Å². The Hall–Kier alpha value is -1.18. The Kier molecular flexibility index (Phi) is 3.56. The quantitative estimate of drug-likeness (QED) is 0.780. The summed E-state index contributed by atoms with van der Waals surface area (Å²) in [6.07, 6.45) is -4.51. The molecular weight excluding hydrogens is 278 g/mol. The summed E-state index contributed by atoms with van der Waals surface area (Å²) < 4.78 is 56.7. The first-order valence-electron chi connectivity index (χ1n) is 6.04. The minimum absolute atomic E-state index is 0.107. The molecule has 1 aliphatic heterocycles. The van der Waals surface area contributed by atoms with Gasteiger partial charge in [-0.3, -0.25) is 0 Å². The highest BCUT2D eigenvalue weighted by Crippen LogP contribution is 2.40. The second kappa shape index (κ2) is 4.68. The standard InChI is InChI=1S/C13H15F4NO2/c1-11(19)7-20-5-4-12(11,18)9-3-2-8(6-10(9)14)13(15,16)17/h2-3,6,19H,4-5,7,18H2,1H3. The number of alkyl halides is 3. The summed E-state index contributed by atoms with van der Waals surface area (Å²) in [5.74, 6) is -1.08. The predicted molar refractivity (Wildman–Crippen MR) is 63.3 cm³/mol. The van der Waals surface area contributed by atoms with Crippen LogP contribution in [0.15, 0.2) is 18.2 Å². The molecule has 3 nitrogen and oxygen atoms in total. The lowest BCUT2D eigenvalue weighted by atomic mass is 9.73. The van der Waals surface area contributed by atoms with Gasteiger partial charge in [0.05, 0.1) is 17.7 Å². The number of hydrogen-bond donors (Lipinski definition) is 2. The van der Waals surface area contributed by atoms with Gasteiger partial charge in [0.1, 0.15) is 11.4 Å². The Morgan fingerprint density at radius 3 is 2.50 bits per heavy atom. The zero-order chi connectivity index (χ0) is 15.2. The van der Waals surface area contributed by atoms with E-state index in [2.05, 4.69) is 0 Å². The van der Waals surface area contributed by atoms with E-state index in [1.54, 1.807) is 0 Å². The summed E-state index contributed by atoms with van der Waals surface area (Å²) in [4.78, 5) is 0. The molecule has 3 N–H and O–H groups in total. The van der Waals surface area contributed by atoms with E-state index in [1.807, 2.05) is 0 Å². The van der Waals surface area contributed by atoms with Gasteiger partial charge in [-0.05, 0) is 25.5 Å². The van der Waals surface area contributed by atoms with Crippen molar-refractivity contribution in [1.82, 2.24) is 0 Å². The van der Waals surface area contributed by atoms with Crippen molar-refractivity contribution in [3.05, 3.63) is 35.1 Å². The molecule has 0 amide bonds. The molecule has 1 saturated heterocycles. The maximum absolute atomic E-state index is 14.0. The van der Waals surface area contributed by atoms with Gasteiger partial charge >= 0.3 is 6.18 Å². The van der Waals surface area contributed by atoms with Gasteiger partial charge in [-0.15, -0.1) is 0 Å². The van der Waals surface area contributed by atoms with E-state index in [-0.39, 0.29) is 25.2 Å². The van der Waals surface area contributed by atoms with Crippen LogP contribution < -0.4 is 5.73 Å². The van der Waals surface area contributed by atoms with Crippen LogP contribution in [0.25, 0.3) is 0 Å². The molecule has 1 heterocycles. The van der Waals surface area contributed by atoms with Crippen molar-refractivity contribution in [2.24, 2.45) is 5.73 Å². The van der Waals surface area contributed by atoms with Crippen LogP contribution in [0.2, 0.25) is 0 Å². The molecule has 2 atom stereocenters. The first-order chi connectivity index (χ1) is 9.08. The number of ether oxygens (including phenoxy) is 1. The first kappa shape index (κ1) is 15.2. The van der Waals surface area contributed by atoms with Gasteiger partial charge < -0.3 is 15.6 Å². The molecule has 1 aromatic rings. The molecule has 112 valence electrons. The number of halogens is 4.